The summed E-state index contributed by atoms with van der Waals surface area (Å²) in [5, 5.41) is 5.73. The molecule has 0 radical (unpaired) electrons. The van der Waals surface area contributed by atoms with Crippen LogP contribution in [0.5, 0.6) is 0 Å². The number of halogens is 2. The van der Waals surface area contributed by atoms with Gasteiger partial charge in [-0.05, 0) is 42.8 Å². The van der Waals surface area contributed by atoms with E-state index in [1.807, 2.05) is 37.3 Å². The van der Waals surface area contributed by atoms with Crippen LogP contribution in [0.2, 0.25) is 10.0 Å². The second-order valence-corrected chi connectivity index (χ2v) is 8.81. The summed E-state index contributed by atoms with van der Waals surface area (Å²) in [5.41, 5.74) is 4.99. The zero-order chi connectivity index (χ0) is 23.4. The minimum atomic E-state index is -0.363. The van der Waals surface area contributed by atoms with Crippen LogP contribution in [0.25, 0.3) is 16.6 Å². The minimum absolute atomic E-state index is 0.00422. The molecule has 0 atom stereocenters. The lowest BCUT2D eigenvalue weighted by molar-refractivity contribution is -0.118. The third-order valence-electron chi connectivity index (χ3n) is 4.82. The van der Waals surface area contributed by atoms with Crippen LogP contribution in [0, 0.1) is 6.92 Å². The van der Waals surface area contributed by atoms with Gasteiger partial charge in [0.1, 0.15) is 0 Å². The van der Waals surface area contributed by atoms with E-state index in [2.05, 4.69) is 15.5 Å². The third kappa shape index (κ3) is 5.11. The Bertz CT molecular complexity index is 1420. The van der Waals surface area contributed by atoms with E-state index >= 15 is 0 Å². The summed E-state index contributed by atoms with van der Waals surface area (Å²) in [6.45, 7) is 1.92. The van der Waals surface area contributed by atoms with Crippen LogP contribution < -0.4 is 11.0 Å². The number of rotatable bonds is 6. The van der Waals surface area contributed by atoms with Gasteiger partial charge in [0.2, 0.25) is 0 Å². The predicted molar refractivity (Wildman–Crippen MR) is 135 cm³/mol. The number of thioether (sulfide) groups is 1. The minimum Gasteiger partial charge on any atom is -0.272 e. The molecule has 0 unspecified atom stereocenters. The zero-order valence-electron chi connectivity index (χ0n) is 17.5. The molecule has 0 aliphatic heterocycles. The monoisotopic (exact) mass is 496 g/mol. The molecule has 1 N–H and O–H groups in total. The first-order valence-electron chi connectivity index (χ1n) is 9.92. The largest absolute Gasteiger partial charge is 0.272 e. The number of hydrogen-bond acceptors (Lipinski definition) is 5. The summed E-state index contributed by atoms with van der Waals surface area (Å²) >= 11 is 13.4. The first kappa shape index (κ1) is 23.0. The van der Waals surface area contributed by atoms with Crippen molar-refractivity contribution in [1.82, 2.24) is 15.0 Å². The third-order valence-corrected chi connectivity index (χ3v) is 6.41. The highest BCUT2D eigenvalue weighted by molar-refractivity contribution is 7.99. The van der Waals surface area contributed by atoms with Crippen molar-refractivity contribution in [3.05, 3.63) is 98.3 Å². The summed E-state index contributed by atoms with van der Waals surface area (Å²) < 4.78 is 1.54. The molecule has 0 saturated heterocycles. The number of nitrogens with one attached hydrogen (secondary N) is 1. The molecule has 0 saturated carbocycles. The number of aromatic nitrogens is 2. The number of carbonyl (C=O) groups is 1. The van der Waals surface area contributed by atoms with Crippen molar-refractivity contribution in [3.8, 4) is 5.69 Å². The standard InChI is InChI=1S/C24H18Cl2N4O2S/c1-15-7-2-5-12-21(15)30-23(32)16-8-3-4-11-20(16)28-24(30)33-14-22(31)29-27-13-17-18(25)9-6-10-19(17)26/h2-13H,14H2,1H3,(H,29,31). The van der Waals surface area contributed by atoms with E-state index in [0.717, 1.165) is 23.0 Å². The number of carbonyl (C=O) groups excluding carboxylic acids is 1. The molecule has 3 aromatic carbocycles. The van der Waals surface area contributed by atoms with E-state index in [4.69, 9.17) is 23.2 Å². The van der Waals surface area contributed by atoms with E-state index in [9.17, 15) is 9.59 Å². The van der Waals surface area contributed by atoms with E-state index in [-0.39, 0.29) is 17.2 Å². The van der Waals surface area contributed by atoms with Gasteiger partial charge in [-0.25, -0.2) is 10.4 Å². The molecule has 0 bridgehead atoms. The SMILES string of the molecule is Cc1ccccc1-n1c(SCC(=O)NN=Cc2c(Cl)cccc2Cl)nc2ccccc2c1=O. The van der Waals surface area contributed by atoms with Crippen molar-refractivity contribution in [1.29, 1.82) is 0 Å². The van der Waals surface area contributed by atoms with Gasteiger partial charge in [0, 0.05) is 5.56 Å². The number of amides is 1. The quantitative estimate of drug-likeness (QED) is 0.171. The van der Waals surface area contributed by atoms with Crippen molar-refractivity contribution in [2.24, 2.45) is 5.10 Å². The Morgan fingerprint density at radius 3 is 2.52 bits per heavy atom. The lowest BCUT2D eigenvalue weighted by atomic mass is 10.2. The molecule has 6 nitrogen and oxygen atoms in total. The fraction of sp³-hybridized carbons (Fsp3) is 0.0833. The van der Waals surface area contributed by atoms with Crippen LogP contribution in [0.3, 0.4) is 0 Å². The molecular weight excluding hydrogens is 479 g/mol. The van der Waals surface area contributed by atoms with Gasteiger partial charge in [0.25, 0.3) is 11.5 Å². The normalized spacial score (nSPS) is 11.2. The predicted octanol–water partition coefficient (Wildman–Crippen LogP) is 5.24. The Morgan fingerprint density at radius 1 is 1.06 bits per heavy atom. The Hall–Kier alpha value is -3.13. The van der Waals surface area contributed by atoms with E-state index in [1.54, 1.807) is 41.0 Å². The van der Waals surface area contributed by atoms with Gasteiger partial charge in [0.15, 0.2) is 5.16 Å². The average Bonchev–Trinajstić information content (AvgIpc) is 2.80. The van der Waals surface area contributed by atoms with Crippen LogP contribution in [0.4, 0.5) is 0 Å². The van der Waals surface area contributed by atoms with Crippen molar-refractivity contribution in [3.63, 3.8) is 0 Å². The fourth-order valence-corrected chi connectivity index (χ4v) is 4.49. The van der Waals surface area contributed by atoms with E-state index in [1.165, 1.54) is 6.21 Å². The summed E-state index contributed by atoms with van der Waals surface area (Å²) in [7, 11) is 0. The Morgan fingerprint density at radius 2 is 1.76 bits per heavy atom. The Balaban J connectivity index is 1.59. The number of nitrogens with zero attached hydrogens (tertiary/aromatic N) is 3. The lowest BCUT2D eigenvalue weighted by Crippen LogP contribution is -2.24. The molecule has 4 rings (SSSR count). The topological polar surface area (TPSA) is 76.3 Å². The van der Waals surface area contributed by atoms with Gasteiger partial charge >= 0.3 is 0 Å². The lowest BCUT2D eigenvalue weighted by Gasteiger charge is -2.14. The summed E-state index contributed by atoms with van der Waals surface area (Å²) in [5.74, 6) is -0.359. The maximum absolute atomic E-state index is 13.3. The first-order chi connectivity index (χ1) is 16.0. The average molecular weight is 497 g/mol. The van der Waals surface area contributed by atoms with Crippen LogP contribution in [-0.2, 0) is 4.79 Å². The number of aryl methyl sites for hydroxylation is 1. The van der Waals surface area contributed by atoms with Crippen LogP contribution in [0.15, 0.2) is 81.8 Å². The molecule has 1 heterocycles. The number of fused-ring (bicyclic) bond motifs is 1. The van der Waals surface area contributed by atoms with Crippen molar-refractivity contribution in [2.45, 2.75) is 12.1 Å². The molecule has 0 aliphatic carbocycles. The molecule has 0 spiro atoms. The van der Waals surface area contributed by atoms with Gasteiger partial charge in [-0.1, -0.05) is 71.4 Å². The summed E-state index contributed by atoms with van der Waals surface area (Å²) in [6.07, 6.45) is 1.39. The van der Waals surface area contributed by atoms with Crippen LogP contribution in [0.1, 0.15) is 11.1 Å². The van der Waals surface area contributed by atoms with Crippen LogP contribution in [-0.4, -0.2) is 27.4 Å². The van der Waals surface area contributed by atoms with E-state index in [0.29, 0.717) is 31.7 Å². The van der Waals surface area contributed by atoms with Gasteiger partial charge in [-0.15, -0.1) is 0 Å². The smallest absolute Gasteiger partial charge is 0.266 e. The molecule has 1 aromatic heterocycles. The molecule has 9 heteroatoms. The maximum atomic E-state index is 13.3. The van der Waals surface area contributed by atoms with Crippen molar-refractivity contribution in [2.75, 3.05) is 5.75 Å². The second kappa shape index (κ2) is 10.2. The van der Waals surface area contributed by atoms with Gasteiger partial charge in [-0.2, -0.15) is 5.10 Å². The Labute approximate surface area is 204 Å². The van der Waals surface area contributed by atoms with Crippen molar-refractivity contribution >= 4 is 58.0 Å². The highest BCUT2D eigenvalue weighted by atomic mass is 35.5. The summed E-state index contributed by atoms with van der Waals surface area (Å²) in [6, 6.07) is 19.8. The number of benzene rings is 3. The van der Waals surface area contributed by atoms with Gasteiger partial charge < -0.3 is 0 Å². The molecule has 0 fully saturated rings. The Kier molecular flexibility index (Phi) is 7.13. The molecule has 166 valence electrons. The molecule has 1 amide bonds. The molecular formula is C24H18Cl2N4O2S. The van der Waals surface area contributed by atoms with E-state index < -0.39 is 0 Å². The first-order valence-corrected chi connectivity index (χ1v) is 11.7. The number of hydrazone groups is 1. The zero-order valence-corrected chi connectivity index (χ0v) is 19.8. The fourth-order valence-electron chi connectivity index (χ4n) is 3.20. The van der Waals surface area contributed by atoms with Crippen LogP contribution >= 0.6 is 35.0 Å². The summed E-state index contributed by atoms with van der Waals surface area (Å²) in [4.78, 5) is 30.4. The molecule has 0 aliphatic rings. The number of hydrogen-bond donors (Lipinski definition) is 1. The molecule has 4 aromatic rings. The van der Waals surface area contributed by atoms with Gasteiger partial charge in [0.05, 0.1) is 38.6 Å². The number of para-hydroxylation sites is 2. The van der Waals surface area contributed by atoms with Crippen molar-refractivity contribution < 1.29 is 4.79 Å². The highest BCUT2D eigenvalue weighted by Gasteiger charge is 2.15. The van der Waals surface area contributed by atoms with Gasteiger partial charge in [-0.3, -0.25) is 14.2 Å². The second-order valence-electron chi connectivity index (χ2n) is 7.06. The molecule has 33 heavy (non-hydrogen) atoms. The highest BCUT2D eigenvalue weighted by Crippen LogP contribution is 2.24. The maximum Gasteiger partial charge on any atom is 0.266 e.